The molecule has 66 heavy (non-hydrogen) atoms. The standard InChI is InChI=1S/C22H22F6O2.C15H21BF2O2.C7H3BrF4O2.2CH4/c1-2-3-12-4-6-13(7-5-12)14-8-9-15(19(24)18(14)23)16-10-11-17(20(25)21(16)29)30-22(26,27)28;1-2-3-10-4-6-11(7-5-10)12-8-9-13(16(19)20)15(18)14(12)17;8-3-1-2-4(5(9)6(3)13)14-7(10,11)12;;/h8-13,29H,2-7H2,1H3;8-11,19-20H,2-7H2,1H3;1-2,13H;2*1H4. The monoisotopic (exact) mass is 1020 g/mol. The molecule has 4 aromatic rings. The molecule has 4 N–H and O–H groups in total. The van der Waals surface area contributed by atoms with Crippen LogP contribution in [0.4, 0.5) is 52.7 Å². The predicted molar refractivity (Wildman–Crippen MR) is 231 cm³/mol. The highest BCUT2D eigenvalue weighted by Gasteiger charge is 2.35. The molecule has 0 saturated heterocycles. The number of hydrogen-bond donors (Lipinski definition) is 4. The Hall–Kier alpha value is -4.30. The van der Waals surface area contributed by atoms with Crippen molar-refractivity contribution in [2.24, 2.45) is 11.8 Å². The lowest BCUT2D eigenvalue weighted by Gasteiger charge is -2.29. The lowest BCUT2D eigenvalue weighted by molar-refractivity contribution is -0.276. The third-order valence-corrected chi connectivity index (χ3v) is 12.0. The summed E-state index contributed by atoms with van der Waals surface area (Å²) < 4.78 is 163. The van der Waals surface area contributed by atoms with Gasteiger partial charge in [0.15, 0.2) is 46.3 Å². The van der Waals surface area contributed by atoms with E-state index in [9.17, 15) is 57.8 Å². The first-order chi connectivity index (χ1) is 30.0. The molecule has 0 radical (unpaired) electrons. The van der Waals surface area contributed by atoms with E-state index >= 15 is 0 Å². The van der Waals surface area contributed by atoms with E-state index in [-0.39, 0.29) is 36.7 Å². The van der Waals surface area contributed by atoms with Crippen molar-refractivity contribution in [2.75, 3.05) is 0 Å². The molecule has 0 unspecified atom stereocenters. The molecule has 2 saturated carbocycles. The smallest absolute Gasteiger partial charge is 0.504 e. The Balaban J connectivity index is 0.000000361. The SMILES string of the molecule is C.C.CCCC1CCC(c2ccc(-c3ccc(OC(F)(F)F)c(F)c3O)c(F)c2F)CC1.CCCC1CCC(c2ccc(B(O)O)c(F)c2F)CC1.Oc1c(Br)ccc(OC(F)(F)F)c1F. The Bertz CT molecular complexity index is 2170. The summed E-state index contributed by atoms with van der Waals surface area (Å²) in [6.45, 7) is 4.28. The number of phenolic OH excluding ortho intramolecular Hbond substituents is 2. The van der Waals surface area contributed by atoms with E-state index in [4.69, 9.17) is 15.2 Å². The van der Waals surface area contributed by atoms with E-state index < -0.39 is 94.3 Å². The van der Waals surface area contributed by atoms with E-state index in [0.717, 1.165) is 82.4 Å². The summed E-state index contributed by atoms with van der Waals surface area (Å²) in [6.07, 6.45) is 1.65. The highest BCUT2D eigenvalue weighted by atomic mass is 79.9. The van der Waals surface area contributed by atoms with Crippen molar-refractivity contribution in [3.8, 4) is 34.1 Å². The van der Waals surface area contributed by atoms with E-state index in [1.807, 2.05) is 0 Å². The maximum atomic E-state index is 14.8. The summed E-state index contributed by atoms with van der Waals surface area (Å²) in [7, 11) is -1.97. The van der Waals surface area contributed by atoms with Crippen LogP contribution in [-0.2, 0) is 0 Å². The van der Waals surface area contributed by atoms with Crippen LogP contribution in [0.5, 0.6) is 23.0 Å². The minimum Gasteiger partial charge on any atom is -0.504 e. The molecule has 368 valence electrons. The molecule has 6 nitrogen and oxygen atoms in total. The highest BCUT2D eigenvalue weighted by Crippen LogP contribution is 2.44. The third-order valence-electron chi connectivity index (χ3n) is 11.4. The van der Waals surface area contributed by atoms with Gasteiger partial charge in [-0.1, -0.05) is 78.6 Å². The van der Waals surface area contributed by atoms with Crippen molar-refractivity contribution >= 4 is 28.5 Å². The molecular weight excluding hydrogens is 967 g/mol. The first-order valence-corrected chi connectivity index (χ1v) is 21.3. The van der Waals surface area contributed by atoms with Crippen LogP contribution in [0.3, 0.4) is 0 Å². The Morgan fingerprint density at radius 3 is 1.35 bits per heavy atom. The van der Waals surface area contributed by atoms with Crippen LogP contribution in [0, 0.1) is 46.7 Å². The van der Waals surface area contributed by atoms with Crippen LogP contribution in [-0.4, -0.2) is 40.1 Å². The van der Waals surface area contributed by atoms with Crippen molar-refractivity contribution in [3.05, 3.63) is 99.0 Å². The number of phenols is 2. The fourth-order valence-electron chi connectivity index (χ4n) is 8.22. The van der Waals surface area contributed by atoms with Crippen molar-refractivity contribution in [2.45, 2.75) is 130 Å². The number of aromatic hydroxyl groups is 2. The van der Waals surface area contributed by atoms with E-state index in [0.29, 0.717) is 23.5 Å². The Morgan fingerprint density at radius 1 is 0.530 bits per heavy atom. The van der Waals surface area contributed by atoms with Crippen LogP contribution >= 0.6 is 15.9 Å². The maximum absolute atomic E-state index is 14.8. The van der Waals surface area contributed by atoms with Crippen LogP contribution in [0.1, 0.15) is 129 Å². The van der Waals surface area contributed by atoms with E-state index in [1.54, 1.807) is 0 Å². The van der Waals surface area contributed by atoms with Crippen molar-refractivity contribution in [3.63, 3.8) is 0 Å². The van der Waals surface area contributed by atoms with Crippen LogP contribution < -0.4 is 14.9 Å². The molecule has 4 aromatic carbocycles. The molecule has 2 aliphatic rings. The zero-order chi connectivity index (χ0) is 47.7. The third kappa shape index (κ3) is 15.4. The van der Waals surface area contributed by atoms with Crippen molar-refractivity contribution in [1.82, 2.24) is 0 Å². The fourth-order valence-corrected chi connectivity index (χ4v) is 8.52. The lowest BCUT2D eigenvalue weighted by atomic mass is 9.74. The van der Waals surface area contributed by atoms with Crippen LogP contribution in [0.25, 0.3) is 11.1 Å². The largest absolute Gasteiger partial charge is 0.573 e. The molecule has 2 aliphatic carbocycles. The second kappa shape index (κ2) is 25.2. The average molecular weight is 1020 g/mol. The Morgan fingerprint density at radius 2 is 0.924 bits per heavy atom. The van der Waals surface area contributed by atoms with Gasteiger partial charge in [-0.2, -0.15) is 8.78 Å². The summed E-state index contributed by atoms with van der Waals surface area (Å²) in [4.78, 5) is 0. The second-order valence-electron chi connectivity index (χ2n) is 15.7. The molecule has 6 rings (SSSR count). The first-order valence-electron chi connectivity index (χ1n) is 20.5. The molecule has 2 fully saturated rings. The van der Waals surface area contributed by atoms with E-state index in [1.165, 1.54) is 37.1 Å². The van der Waals surface area contributed by atoms with Gasteiger partial charge in [0.1, 0.15) is 0 Å². The van der Waals surface area contributed by atoms with Gasteiger partial charge in [0.05, 0.1) is 4.47 Å². The molecule has 0 amide bonds. The number of halogens is 13. The highest BCUT2D eigenvalue weighted by molar-refractivity contribution is 9.10. The van der Waals surface area contributed by atoms with Gasteiger partial charge in [-0.3, -0.25) is 0 Å². The van der Waals surface area contributed by atoms with Gasteiger partial charge in [0, 0.05) is 16.6 Å². The summed E-state index contributed by atoms with van der Waals surface area (Å²) >= 11 is 2.73. The van der Waals surface area contributed by atoms with Crippen LogP contribution in [0.2, 0.25) is 0 Å². The average Bonchev–Trinajstić information content (AvgIpc) is 3.23. The Labute approximate surface area is 385 Å². The number of rotatable bonds is 10. The van der Waals surface area contributed by atoms with Crippen LogP contribution in [0.15, 0.2) is 53.0 Å². The fraction of sp³-hybridized carbons (Fsp3) is 0.478. The number of ether oxygens (including phenoxy) is 2. The van der Waals surface area contributed by atoms with Gasteiger partial charge >= 0.3 is 19.8 Å². The topological polar surface area (TPSA) is 99.4 Å². The normalized spacial score (nSPS) is 18.3. The quantitative estimate of drug-likeness (QED) is 0.0933. The molecule has 0 aliphatic heterocycles. The number of alkyl halides is 6. The molecule has 0 atom stereocenters. The van der Waals surface area contributed by atoms with Gasteiger partial charge in [-0.05, 0) is 126 Å². The van der Waals surface area contributed by atoms with Gasteiger partial charge < -0.3 is 29.7 Å². The Kier molecular flexibility index (Phi) is 22.1. The minimum absolute atomic E-state index is 0. The summed E-state index contributed by atoms with van der Waals surface area (Å²) in [6, 6.07) is 8.65. The number of hydrogen-bond acceptors (Lipinski definition) is 6. The first kappa shape index (κ1) is 57.8. The number of benzene rings is 4. The zero-order valence-corrected chi connectivity index (χ0v) is 36.1. The molecule has 0 bridgehead atoms. The molecule has 20 heteroatoms. The summed E-state index contributed by atoms with van der Waals surface area (Å²) in [5, 5.41) is 36.8. The lowest BCUT2D eigenvalue weighted by Crippen LogP contribution is -2.34. The van der Waals surface area contributed by atoms with Gasteiger partial charge in [0.25, 0.3) is 0 Å². The summed E-state index contributed by atoms with van der Waals surface area (Å²) in [5.41, 5.74) is -0.696. The minimum atomic E-state index is -5.16. The van der Waals surface area contributed by atoms with Gasteiger partial charge in [0.2, 0.25) is 11.6 Å². The van der Waals surface area contributed by atoms with Gasteiger partial charge in [-0.15, -0.1) is 26.3 Å². The van der Waals surface area contributed by atoms with E-state index in [2.05, 4.69) is 39.3 Å². The predicted octanol–water partition coefficient (Wildman–Crippen LogP) is 14.6. The molecule has 0 spiro atoms. The molecule has 0 aromatic heterocycles. The van der Waals surface area contributed by atoms with Crippen molar-refractivity contribution < 1.29 is 82.4 Å². The maximum Gasteiger partial charge on any atom is 0.573 e. The zero-order valence-electron chi connectivity index (χ0n) is 34.5. The second-order valence-corrected chi connectivity index (χ2v) is 16.5. The summed E-state index contributed by atoms with van der Waals surface area (Å²) in [5.74, 6) is -10.9. The van der Waals surface area contributed by atoms with Crippen molar-refractivity contribution in [1.29, 1.82) is 0 Å². The van der Waals surface area contributed by atoms with Gasteiger partial charge in [-0.25, -0.2) is 17.6 Å². The molecule has 0 heterocycles. The molecular formula is C46H54BBrF12O6.